The predicted octanol–water partition coefficient (Wildman–Crippen LogP) is -0.165. The lowest BCUT2D eigenvalue weighted by molar-refractivity contribution is -0.139. The van der Waals surface area contributed by atoms with Gasteiger partial charge < -0.3 is 14.6 Å². The SMILES string of the molecule is COCCCC(NS(=O)(=O)NC(=O)OC(C)C)C(=O)O. The smallest absolute Gasteiger partial charge is 0.422 e. The van der Waals surface area contributed by atoms with E-state index >= 15 is 0 Å². The van der Waals surface area contributed by atoms with Gasteiger partial charge in [0.05, 0.1) is 6.10 Å². The minimum atomic E-state index is -4.30. The zero-order valence-corrected chi connectivity index (χ0v) is 12.4. The lowest BCUT2D eigenvalue weighted by atomic mass is 10.2. The van der Waals surface area contributed by atoms with E-state index in [1.807, 2.05) is 4.72 Å². The number of ether oxygens (including phenoxy) is 2. The molecule has 0 heterocycles. The van der Waals surface area contributed by atoms with Crippen LogP contribution in [0.4, 0.5) is 4.79 Å². The van der Waals surface area contributed by atoms with E-state index in [1.165, 1.54) is 7.11 Å². The Morgan fingerprint density at radius 2 is 1.90 bits per heavy atom. The molecule has 0 rings (SSSR count). The van der Waals surface area contributed by atoms with Gasteiger partial charge in [0.25, 0.3) is 0 Å². The van der Waals surface area contributed by atoms with Crippen molar-refractivity contribution in [1.82, 2.24) is 9.44 Å². The van der Waals surface area contributed by atoms with Crippen LogP contribution in [0.5, 0.6) is 0 Å². The Balaban J connectivity index is 4.52. The summed E-state index contributed by atoms with van der Waals surface area (Å²) in [5.74, 6) is -1.34. The van der Waals surface area contributed by atoms with Gasteiger partial charge in [-0.25, -0.2) is 9.52 Å². The molecule has 1 unspecified atom stereocenters. The molecule has 0 aromatic rings. The zero-order valence-electron chi connectivity index (χ0n) is 11.6. The molecule has 20 heavy (non-hydrogen) atoms. The number of hydrogen-bond donors (Lipinski definition) is 3. The van der Waals surface area contributed by atoms with Crippen molar-refractivity contribution in [3.63, 3.8) is 0 Å². The monoisotopic (exact) mass is 312 g/mol. The summed E-state index contributed by atoms with van der Waals surface area (Å²) in [5, 5.41) is 8.90. The summed E-state index contributed by atoms with van der Waals surface area (Å²) >= 11 is 0. The van der Waals surface area contributed by atoms with Gasteiger partial charge in [-0.15, -0.1) is 0 Å². The predicted molar refractivity (Wildman–Crippen MR) is 69.3 cm³/mol. The fourth-order valence-corrected chi connectivity index (χ4v) is 2.15. The Bertz CT molecular complexity index is 421. The van der Waals surface area contributed by atoms with Crippen LogP contribution < -0.4 is 9.44 Å². The normalized spacial score (nSPS) is 13.0. The average Bonchev–Trinajstić information content (AvgIpc) is 2.25. The van der Waals surface area contributed by atoms with E-state index in [2.05, 4.69) is 4.74 Å². The molecule has 1 amide bonds. The number of hydrogen-bond acceptors (Lipinski definition) is 6. The maximum absolute atomic E-state index is 11.6. The fourth-order valence-electron chi connectivity index (χ4n) is 1.23. The van der Waals surface area contributed by atoms with E-state index in [0.29, 0.717) is 13.0 Å². The molecule has 10 heteroatoms. The topological polar surface area (TPSA) is 131 Å². The van der Waals surface area contributed by atoms with Gasteiger partial charge in [0.2, 0.25) is 0 Å². The molecule has 3 N–H and O–H groups in total. The standard InChI is InChI=1S/C10H20N2O7S/c1-7(2)19-10(15)12-20(16,17)11-8(9(13)14)5-4-6-18-3/h7-8,11H,4-6H2,1-3H3,(H,12,15)(H,13,14). The van der Waals surface area contributed by atoms with E-state index < -0.39 is 34.4 Å². The first kappa shape index (κ1) is 18.6. The Labute approximate surface area is 117 Å². The Kier molecular flexibility index (Phi) is 8.11. The minimum Gasteiger partial charge on any atom is -0.480 e. The third-order valence-corrected chi connectivity index (χ3v) is 3.03. The molecule has 0 bridgehead atoms. The number of rotatable bonds is 9. The Morgan fingerprint density at radius 1 is 1.30 bits per heavy atom. The maximum atomic E-state index is 11.6. The van der Waals surface area contributed by atoms with E-state index in [1.54, 1.807) is 18.6 Å². The van der Waals surface area contributed by atoms with Gasteiger partial charge in [-0.05, 0) is 26.7 Å². The molecule has 0 aliphatic carbocycles. The number of carbonyl (C=O) groups is 2. The number of nitrogens with one attached hydrogen (secondary N) is 2. The number of amides is 1. The van der Waals surface area contributed by atoms with Crippen molar-refractivity contribution in [3.05, 3.63) is 0 Å². The van der Waals surface area contributed by atoms with Crippen LogP contribution in [0, 0.1) is 0 Å². The summed E-state index contributed by atoms with van der Waals surface area (Å²) in [6.07, 6.45) is -1.29. The lowest BCUT2D eigenvalue weighted by Gasteiger charge is -2.15. The molecule has 0 saturated carbocycles. The third-order valence-electron chi connectivity index (χ3n) is 2.00. The van der Waals surface area contributed by atoms with Gasteiger partial charge in [-0.2, -0.15) is 13.1 Å². The first-order valence-electron chi connectivity index (χ1n) is 5.90. The Hall–Kier alpha value is -1.39. The number of carboxylic acids is 1. The highest BCUT2D eigenvalue weighted by atomic mass is 32.2. The summed E-state index contributed by atoms with van der Waals surface area (Å²) < 4.78 is 35.9. The van der Waals surface area contributed by atoms with E-state index in [0.717, 1.165) is 0 Å². The minimum absolute atomic E-state index is 0.0311. The average molecular weight is 312 g/mol. The van der Waals surface area contributed by atoms with Gasteiger partial charge >= 0.3 is 22.3 Å². The fraction of sp³-hybridized carbons (Fsp3) is 0.800. The van der Waals surface area contributed by atoms with Crippen molar-refractivity contribution in [3.8, 4) is 0 Å². The largest absolute Gasteiger partial charge is 0.480 e. The molecule has 0 aliphatic rings. The van der Waals surface area contributed by atoms with Crippen LogP contribution in [0.15, 0.2) is 0 Å². The van der Waals surface area contributed by atoms with Gasteiger partial charge in [-0.1, -0.05) is 0 Å². The Morgan fingerprint density at radius 3 is 2.35 bits per heavy atom. The van der Waals surface area contributed by atoms with Crippen LogP contribution in [0.1, 0.15) is 26.7 Å². The second-order valence-electron chi connectivity index (χ2n) is 4.20. The highest BCUT2D eigenvalue weighted by molar-refractivity contribution is 7.88. The van der Waals surface area contributed by atoms with Crippen LogP contribution in [0.3, 0.4) is 0 Å². The molecule has 9 nitrogen and oxygen atoms in total. The first-order chi connectivity index (χ1) is 9.18. The van der Waals surface area contributed by atoms with Crippen molar-refractivity contribution in [2.75, 3.05) is 13.7 Å². The van der Waals surface area contributed by atoms with E-state index in [9.17, 15) is 18.0 Å². The first-order valence-corrected chi connectivity index (χ1v) is 7.38. The van der Waals surface area contributed by atoms with Gasteiger partial charge in [0.1, 0.15) is 6.04 Å². The van der Waals surface area contributed by atoms with Crippen molar-refractivity contribution in [2.24, 2.45) is 0 Å². The van der Waals surface area contributed by atoms with Crippen LogP contribution >= 0.6 is 0 Å². The summed E-state index contributed by atoms with van der Waals surface area (Å²) in [6.45, 7) is 3.39. The summed E-state index contributed by atoms with van der Waals surface area (Å²) in [5.41, 5.74) is 0. The number of carboxylic acid groups (broad SMARTS) is 1. The van der Waals surface area contributed by atoms with Gasteiger partial charge in [0.15, 0.2) is 0 Å². The highest BCUT2D eigenvalue weighted by Crippen LogP contribution is 2.00. The summed E-state index contributed by atoms with van der Waals surface area (Å²) in [7, 11) is -2.86. The second-order valence-corrected chi connectivity index (χ2v) is 5.65. The van der Waals surface area contributed by atoms with Crippen molar-refractivity contribution in [2.45, 2.75) is 38.8 Å². The molecule has 0 aromatic carbocycles. The molecule has 0 radical (unpaired) electrons. The van der Waals surface area contributed by atoms with Crippen LogP contribution in [-0.2, 0) is 24.5 Å². The molecule has 0 aliphatic heterocycles. The van der Waals surface area contributed by atoms with Gasteiger partial charge in [0, 0.05) is 13.7 Å². The molecule has 1 atom stereocenters. The van der Waals surface area contributed by atoms with Gasteiger partial charge in [-0.3, -0.25) is 4.79 Å². The quantitative estimate of drug-likeness (QED) is 0.504. The molecule has 0 spiro atoms. The molecule has 0 aromatic heterocycles. The number of aliphatic carboxylic acids is 1. The zero-order chi connectivity index (χ0) is 15.8. The van der Waals surface area contributed by atoms with E-state index in [4.69, 9.17) is 9.84 Å². The van der Waals surface area contributed by atoms with Crippen LogP contribution in [0.25, 0.3) is 0 Å². The van der Waals surface area contributed by atoms with E-state index in [-0.39, 0.29) is 6.42 Å². The molecule has 118 valence electrons. The van der Waals surface area contributed by atoms with Crippen LogP contribution in [0.2, 0.25) is 0 Å². The second kappa shape index (κ2) is 8.72. The number of methoxy groups -OCH3 is 1. The molecule has 0 saturated heterocycles. The molecular formula is C10H20N2O7S. The maximum Gasteiger partial charge on any atom is 0.422 e. The third kappa shape index (κ3) is 8.67. The lowest BCUT2D eigenvalue weighted by Crippen LogP contribution is -2.48. The van der Waals surface area contributed by atoms with Crippen LogP contribution in [-0.4, -0.2) is 51.4 Å². The molecular weight excluding hydrogens is 292 g/mol. The number of carbonyl (C=O) groups excluding carboxylic acids is 1. The van der Waals surface area contributed by atoms with Crippen molar-refractivity contribution in [1.29, 1.82) is 0 Å². The van der Waals surface area contributed by atoms with Crippen molar-refractivity contribution < 1.29 is 32.6 Å². The van der Waals surface area contributed by atoms with Crippen molar-refractivity contribution >= 4 is 22.3 Å². The summed E-state index contributed by atoms with van der Waals surface area (Å²) in [6, 6.07) is -1.35. The summed E-state index contributed by atoms with van der Waals surface area (Å²) in [4.78, 5) is 22.1. The highest BCUT2D eigenvalue weighted by Gasteiger charge is 2.25. The molecule has 0 fully saturated rings.